The van der Waals surface area contributed by atoms with E-state index in [9.17, 15) is 19.2 Å². The summed E-state index contributed by atoms with van der Waals surface area (Å²) in [5, 5.41) is 0. The molecule has 0 spiro atoms. The smallest absolute Gasteiger partial charge is 0.306 e. The van der Waals surface area contributed by atoms with E-state index in [4.69, 9.17) is 14.2 Å². The molecule has 6 atom stereocenters. The van der Waals surface area contributed by atoms with Crippen molar-refractivity contribution < 1.29 is 33.4 Å². The van der Waals surface area contributed by atoms with Gasteiger partial charge in [0.15, 0.2) is 5.78 Å². The number of fused-ring (bicyclic) bond motifs is 3. The minimum atomic E-state index is -0.626. The number of rotatable bonds is 6. The maximum absolute atomic E-state index is 13.3. The van der Waals surface area contributed by atoms with Gasteiger partial charge in [0.05, 0.1) is 0 Å². The first-order valence-corrected chi connectivity index (χ1v) is 15.2. The lowest BCUT2D eigenvalue weighted by atomic mass is 9.50. The lowest BCUT2D eigenvalue weighted by Gasteiger charge is -2.57. The van der Waals surface area contributed by atoms with Crippen LogP contribution in [0.15, 0.2) is 23.3 Å². The van der Waals surface area contributed by atoms with Crippen molar-refractivity contribution >= 4 is 23.7 Å². The van der Waals surface area contributed by atoms with E-state index in [2.05, 4.69) is 13.5 Å². The molecule has 0 saturated heterocycles. The zero-order chi connectivity index (χ0) is 29.4. The molecule has 0 heterocycles. The summed E-state index contributed by atoms with van der Waals surface area (Å²) in [6.07, 6.45) is 7.66. The van der Waals surface area contributed by atoms with Crippen molar-refractivity contribution in [2.75, 3.05) is 0 Å². The molecular weight excluding hydrogens is 508 g/mol. The van der Waals surface area contributed by atoms with Crippen molar-refractivity contribution in [3.63, 3.8) is 0 Å². The lowest BCUT2D eigenvalue weighted by Crippen LogP contribution is -2.58. The number of ether oxygens (including phenoxy) is 3. The average Bonchev–Trinajstić information content (AvgIpc) is 2.86. The van der Waals surface area contributed by atoms with Crippen molar-refractivity contribution in [1.29, 1.82) is 0 Å². The van der Waals surface area contributed by atoms with Crippen molar-refractivity contribution in [1.82, 2.24) is 0 Å². The number of esters is 3. The summed E-state index contributed by atoms with van der Waals surface area (Å²) in [5.41, 5.74) is 1.15. The van der Waals surface area contributed by atoms with Gasteiger partial charge in [-0.1, -0.05) is 59.5 Å². The summed E-state index contributed by atoms with van der Waals surface area (Å²) in [6.45, 7) is 15.3. The molecule has 4 aliphatic rings. The molecule has 0 N–H and O–H groups in total. The van der Waals surface area contributed by atoms with Gasteiger partial charge in [0, 0.05) is 38.5 Å². The Morgan fingerprint density at radius 3 is 2.20 bits per heavy atom. The standard InChI is InChI=1S/C33H48O7/c1-19-25(36)17-24-31(39-22(4)35)30-20(2)26(40-28(37)14-13-23-11-9-8-10-12-23)15-16-33(30,7)18-27(38-21(3)34)29(19)32(24,5)6/h23-24,26-27,30-31H,2,8-18H2,1,3-7H3/t24-,26-,27-,30-,31+,33-/m0/s1. The average molecular weight is 557 g/mol. The highest BCUT2D eigenvalue weighted by Crippen LogP contribution is 2.59. The predicted octanol–water partition coefficient (Wildman–Crippen LogP) is 6.43. The van der Waals surface area contributed by atoms with E-state index < -0.39 is 41.1 Å². The van der Waals surface area contributed by atoms with Crippen molar-refractivity contribution in [3.8, 4) is 0 Å². The Morgan fingerprint density at radius 1 is 0.925 bits per heavy atom. The summed E-state index contributed by atoms with van der Waals surface area (Å²) in [5.74, 6) is -1.16. The molecule has 3 fully saturated rings. The van der Waals surface area contributed by atoms with Gasteiger partial charge in [-0.15, -0.1) is 0 Å². The molecule has 0 aliphatic heterocycles. The summed E-state index contributed by atoms with van der Waals surface area (Å²) in [4.78, 5) is 51.1. The summed E-state index contributed by atoms with van der Waals surface area (Å²) >= 11 is 0. The molecule has 0 aromatic carbocycles. The number of ketones is 1. The molecule has 0 unspecified atom stereocenters. The number of carbonyl (C=O) groups is 4. The van der Waals surface area contributed by atoms with Crippen LogP contribution >= 0.6 is 0 Å². The van der Waals surface area contributed by atoms with Gasteiger partial charge in [-0.3, -0.25) is 19.2 Å². The normalized spacial score (nSPS) is 34.3. The van der Waals surface area contributed by atoms with E-state index in [1.165, 1.54) is 46.0 Å². The zero-order valence-electron chi connectivity index (χ0n) is 25.3. The van der Waals surface area contributed by atoms with Gasteiger partial charge in [-0.05, 0) is 66.1 Å². The molecule has 0 aromatic rings. The van der Waals surface area contributed by atoms with Gasteiger partial charge in [0.1, 0.15) is 18.3 Å². The number of Topliss-reactive ketones (excluding diaryl/α,β-unsaturated/α-hetero) is 1. The molecular formula is C33H48O7. The fourth-order valence-corrected chi connectivity index (χ4v) is 8.46. The first kappa shape index (κ1) is 30.5. The molecule has 3 saturated carbocycles. The van der Waals surface area contributed by atoms with Crippen molar-refractivity contribution in [2.24, 2.45) is 28.6 Å². The van der Waals surface area contributed by atoms with Crippen LogP contribution in [0.2, 0.25) is 0 Å². The van der Waals surface area contributed by atoms with Crippen LogP contribution in [0.3, 0.4) is 0 Å². The summed E-state index contributed by atoms with van der Waals surface area (Å²) in [6, 6.07) is 0. The van der Waals surface area contributed by atoms with Crippen LogP contribution in [0.4, 0.5) is 0 Å². The second kappa shape index (κ2) is 11.8. The van der Waals surface area contributed by atoms with Crippen LogP contribution in [0.25, 0.3) is 0 Å². The van der Waals surface area contributed by atoms with Crippen LogP contribution in [0.1, 0.15) is 112 Å². The van der Waals surface area contributed by atoms with E-state index in [1.807, 2.05) is 20.8 Å². The van der Waals surface area contributed by atoms with Crippen LogP contribution in [0, 0.1) is 28.6 Å². The van der Waals surface area contributed by atoms with Crippen molar-refractivity contribution in [2.45, 2.75) is 130 Å². The largest absolute Gasteiger partial charge is 0.462 e. The molecule has 40 heavy (non-hydrogen) atoms. The number of carbonyl (C=O) groups excluding carboxylic acids is 4. The Kier molecular flexibility index (Phi) is 9.01. The minimum Gasteiger partial charge on any atom is -0.462 e. The van der Waals surface area contributed by atoms with E-state index in [0.717, 1.165) is 17.6 Å². The van der Waals surface area contributed by atoms with Gasteiger partial charge >= 0.3 is 17.9 Å². The highest BCUT2D eigenvalue weighted by Gasteiger charge is 2.59. The highest BCUT2D eigenvalue weighted by atomic mass is 16.6. The molecule has 2 bridgehead atoms. The topological polar surface area (TPSA) is 96.0 Å². The maximum Gasteiger partial charge on any atom is 0.306 e. The van der Waals surface area contributed by atoms with Crippen LogP contribution < -0.4 is 0 Å². The third kappa shape index (κ3) is 6.08. The third-order valence-corrected chi connectivity index (χ3v) is 10.5. The van der Waals surface area contributed by atoms with E-state index >= 15 is 0 Å². The summed E-state index contributed by atoms with van der Waals surface area (Å²) in [7, 11) is 0. The van der Waals surface area contributed by atoms with Gasteiger partial charge in [0.2, 0.25) is 0 Å². The highest BCUT2D eigenvalue weighted by molar-refractivity contribution is 5.97. The SMILES string of the molecule is C=C1[C@@H](OC(=O)CCC2CCCCC2)CC[C@@]2(C)C[C@H](OC(C)=O)C3=C(C)C(=O)C[C@@H]([C@@H](OC(C)=O)[C@H]12)C3(C)C. The van der Waals surface area contributed by atoms with Crippen molar-refractivity contribution in [3.05, 3.63) is 23.3 Å². The minimum absolute atomic E-state index is 0.0238. The second-order valence-corrected chi connectivity index (χ2v) is 13.6. The fourth-order valence-electron chi connectivity index (χ4n) is 8.46. The van der Waals surface area contributed by atoms with Crippen LogP contribution in [-0.2, 0) is 33.4 Å². The Hall–Kier alpha value is -2.44. The van der Waals surface area contributed by atoms with Gasteiger partial charge in [-0.2, -0.15) is 0 Å². The maximum atomic E-state index is 13.3. The Labute approximate surface area is 239 Å². The number of hydrogen-bond donors (Lipinski definition) is 0. The third-order valence-electron chi connectivity index (χ3n) is 10.5. The number of hydrogen-bond acceptors (Lipinski definition) is 7. The summed E-state index contributed by atoms with van der Waals surface area (Å²) < 4.78 is 18.1. The van der Waals surface area contributed by atoms with E-state index in [0.29, 0.717) is 37.2 Å². The van der Waals surface area contributed by atoms with Gasteiger partial charge in [0.25, 0.3) is 0 Å². The van der Waals surface area contributed by atoms with Crippen LogP contribution in [0.5, 0.6) is 0 Å². The molecule has 0 radical (unpaired) electrons. The zero-order valence-corrected chi connectivity index (χ0v) is 25.3. The Balaban J connectivity index is 1.67. The van der Waals surface area contributed by atoms with Gasteiger partial charge < -0.3 is 14.2 Å². The molecule has 4 aliphatic carbocycles. The van der Waals surface area contributed by atoms with Crippen LogP contribution in [-0.4, -0.2) is 42.0 Å². The molecule has 7 nitrogen and oxygen atoms in total. The lowest BCUT2D eigenvalue weighted by molar-refractivity contribution is -0.172. The quantitative estimate of drug-likeness (QED) is 0.211. The first-order chi connectivity index (χ1) is 18.7. The fraction of sp³-hybridized carbons (Fsp3) is 0.758. The molecule has 4 rings (SSSR count). The molecule has 0 amide bonds. The van der Waals surface area contributed by atoms with E-state index in [1.54, 1.807) is 0 Å². The Morgan fingerprint density at radius 2 is 1.57 bits per heavy atom. The number of allylic oxidation sites excluding steroid dienone is 1. The predicted molar refractivity (Wildman–Crippen MR) is 151 cm³/mol. The monoisotopic (exact) mass is 556 g/mol. The molecule has 222 valence electrons. The van der Waals surface area contributed by atoms with E-state index in [-0.39, 0.29) is 30.0 Å². The van der Waals surface area contributed by atoms with Gasteiger partial charge in [-0.25, -0.2) is 0 Å². The second-order valence-electron chi connectivity index (χ2n) is 13.6. The molecule has 0 aromatic heterocycles. The Bertz CT molecular complexity index is 1080. The first-order valence-electron chi connectivity index (χ1n) is 15.2. The molecule has 7 heteroatoms.